The van der Waals surface area contributed by atoms with Gasteiger partial charge in [0.25, 0.3) is 0 Å². The van der Waals surface area contributed by atoms with E-state index in [1.54, 1.807) is 0 Å². The molecule has 0 aliphatic carbocycles. The highest BCUT2D eigenvalue weighted by Crippen LogP contribution is 2.05. The Morgan fingerprint density at radius 2 is 1.88 bits per heavy atom. The van der Waals surface area contributed by atoms with Gasteiger partial charge in [0.1, 0.15) is 0 Å². The summed E-state index contributed by atoms with van der Waals surface area (Å²) in [5.41, 5.74) is 1.03. The van der Waals surface area contributed by atoms with Crippen molar-refractivity contribution < 1.29 is 5.11 Å². The fraction of sp³-hybridized carbons (Fsp3) is 0.714. The van der Waals surface area contributed by atoms with E-state index in [4.69, 9.17) is 5.11 Å². The van der Waals surface area contributed by atoms with Gasteiger partial charge in [-0.15, -0.1) is 0 Å². The highest BCUT2D eigenvalue weighted by Gasteiger charge is 1.90. The van der Waals surface area contributed by atoms with Gasteiger partial charge in [-0.2, -0.15) is 0 Å². The normalized spacial score (nSPS) is 8.88. The minimum absolute atomic E-state index is 0.549. The van der Waals surface area contributed by atoms with Gasteiger partial charge in [-0.05, 0) is 25.8 Å². The van der Waals surface area contributed by atoms with Gasteiger partial charge in [0.05, 0.1) is 5.76 Å². The first-order valence-electron chi connectivity index (χ1n) is 3.03. The maximum atomic E-state index is 9.01. The van der Waals surface area contributed by atoms with Gasteiger partial charge in [-0.25, -0.2) is 0 Å². The Labute approximate surface area is 51.0 Å². The molecular weight excluding hydrogens is 100 g/mol. The second-order valence-corrected chi connectivity index (χ2v) is 2.20. The van der Waals surface area contributed by atoms with Gasteiger partial charge < -0.3 is 5.11 Å². The quantitative estimate of drug-likeness (QED) is 0.547. The standard InChI is InChI=1S/C7H14O/c1-4-5-7(8)6(2)3/h8H,4-5H2,1-3H3. The van der Waals surface area contributed by atoms with Crippen LogP contribution >= 0.6 is 0 Å². The van der Waals surface area contributed by atoms with E-state index >= 15 is 0 Å². The zero-order valence-corrected chi connectivity index (χ0v) is 5.86. The smallest absolute Gasteiger partial charge is 0.0908 e. The van der Waals surface area contributed by atoms with E-state index in [0.29, 0.717) is 5.76 Å². The first-order valence-corrected chi connectivity index (χ1v) is 3.03. The topological polar surface area (TPSA) is 20.2 Å². The number of aliphatic hydroxyl groups excluding tert-OH is 1. The molecule has 1 N–H and O–H groups in total. The Morgan fingerprint density at radius 3 is 2.00 bits per heavy atom. The monoisotopic (exact) mass is 114 g/mol. The number of hydrogen-bond acceptors (Lipinski definition) is 1. The van der Waals surface area contributed by atoms with Gasteiger partial charge in [-0.3, -0.25) is 0 Å². The Morgan fingerprint density at radius 1 is 1.38 bits per heavy atom. The maximum absolute atomic E-state index is 9.01. The molecule has 0 atom stereocenters. The summed E-state index contributed by atoms with van der Waals surface area (Å²) in [7, 11) is 0. The average molecular weight is 114 g/mol. The summed E-state index contributed by atoms with van der Waals surface area (Å²) < 4.78 is 0. The molecule has 0 heterocycles. The molecule has 1 heteroatoms. The van der Waals surface area contributed by atoms with Crippen molar-refractivity contribution in [1.29, 1.82) is 0 Å². The first-order chi connectivity index (χ1) is 3.68. The fourth-order valence-corrected chi connectivity index (χ4v) is 0.487. The molecule has 0 bridgehead atoms. The minimum atomic E-state index is 0.549. The van der Waals surface area contributed by atoms with Crippen molar-refractivity contribution in [3.05, 3.63) is 11.3 Å². The molecule has 0 saturated carbocycles. The van der Waals surface area contributed by atoms with Gasteiger partial charge in [0.15, 0.2) is 0 Å². The Bertz CT molecular complexity index is 88.6. The predicted molar refractivity (Wildman–Crippen MR) is 35.9 cm³/mol. The minimum Gasteiger partial charge on any atom is -0.512 e. The molecule has 8 heavy (non-hydrogen) atoms. The number of aliphatic hydroxyl groups is 1. The Kier molecular flexibility index (Phi) is 3.33. The molecule has 1 nitrogen and oxygen atoms in total. The van der Waals surface area contributed by atoms with Gasteiger partial charge >= 0.3 is 0 Å². The lowest BCUT2D eigenvalue weighted by molar-refractivity contribution is 0.379. The summed E-state index contributed by atoms with van der Waals surface area (Å²) in [6.45, 7) is 5.90. The van der Waals surface area contributed by atoms with Crippen LogP contribution < -0.4 is 0 Å². The molecule has 0 aromatic rings. The lowest BCUT2D eigenvalue weighted by atomic mass is 10.2. The van der Waals surface area contributed by atoms with Crippen LogP contribution in [0.2, 0.25) is 0 Å². The van der Waals surface area contributed by atoms with E-state index in [0.717, 1.165) is 18.4 Å². The average Bonchev–Trinajstić information content (AvgIpc) is 1.67. The molecule has 0 aliphatic heterocycles. The predicted octanol–water partition coefficient (Wildman–Crippen LogP) is 2.64. The first kappa shape index (κ1) is 7.54. The van der Waals surface area contributed by atoms with E-state index in [-0.39, 0.29) is 0 Å². The number of rotatable bonds is 2. The largest absolute Gasteiger partial charge is 0.512 e. The second-order valence-electron chi connectivity index (χ2n) is 2.20. The van der Waals surface area contributed by atoms with Crippen LogP contribution in [0, 0.1) is 0 Å². The molecule has 0 rings (SSSR count). The summed E-state index contributed by atoms with van der Waals surface area (Å²) in [4.78, 5) is 0. The van der Waals surface area contributed by atoms with Crippen molar-refractivity contribution >= 4 is 0 Å². The van der Waals surface area contributed by atoms with Crippen molar-refractivity contribution in [2.75, 3.05) is 0 Å². The number of hydrogen-bond donors (Lipinski definition) is 1. The molecule has 0 saturated heterocycles. The van der Waals surface area contributed by atoms with E-state index in [2.05, 4.69) is 6.92 Å². The van der Waals surface area contributed by atoms with Crippen LogP contribution in [-0.4, -0.2) is 5.11 Å². The summed E-state index contributed by atoms with van der Waals surface area (Å²) in [6, 6.07) is 0. The highest BCUT2D eigenvalue weighted by molar-refractivity contribution is 4.99. The molecule has 0 aromatic heterocycles. The second kappa shape index (κ2) is 3.53. The molecule has 0 spiro atoms. The summed E-state index contributed by atoms with van der Waals surface area (Å²) >= 11 is 0. The maximum Gasteiger partial charge on any atom is 0.0908 e. The van der Waals surface area contributed by atoms with Gasteiger partial charge in [-0.1, -0.05) is 6.92 Å². The molecule has 0 aromatic carbocycles. The lowest BCUT2D eigenvalue weighted by Gasteiger charge is -1.96. The third-order valence-corrected chi connectivity index (χ3v) is 1.06. The molecule has 0 radical (unpaired) electrons. The van der Waals surface area contributed by atoms with Crippen LogP contribution in [0.5, 0.6) is 0 Å². The zero-order valence-electron chi connectivity index (χ0n) is 5.86. The van der Waals surface area contributed by atoms with E-state index in [9.17, 15) is 0 Å². The van der Waals surface area contributed by atoms with Crippen LogP contribution in [0.15, 0.2) is 11.3 Å². The molecule has 0 unspecified atom stereocenters. The molecular formula is C7H14O. The van der Waals surface area contributed by atoms with Crippen LogP contribution in [-0.2, 0) is 0 Å². The zero-order chi connectivity index (χ0) is 6.57. The Hall–Kier alpha value is -0.460. The van der Waals surface area contributed by atoms with Crippen LogP contribution in [0.1, 0.15) is 33.6 Å². The molecule has 0 fully saturated rings. The van der Waals surface area contributed by atoms with Crippen molar-refractivity contribution in [3.8, 4) is 0 Å². The van der Waals surface area contributed by atoms with Crippen molar-refractivity contribution in [1.82, 2.24) is 0 Å². The third-order valence-electron chi connectivity index (χ3n) is 1.06. The van der Waals surface area contributed by atoms with Gasteiger partial charge in [0.2, 0.25) is 0 Å². The number of allylic oxidation sites excluding steroid dienone is 2. The van der Waals surface area contributed by atoms with Gasteiger partial charge in [0, 0.05) is 6.42 Å². The van der Waals surface area contributed by atoms with Crippen LogP contribution in [0.3, 0.4) is 0 Å². The van der Waals surface area contributed by atoms with Crippen molar-refractivity contribution in [3.63, 3.8) is 0 Å². The Balaban J connectivity index is 3.62. The summed E-state index contributed by atoms with van der Waals surface area (Å²) in [5, 5.41) is 9.01. The third kappa shape index (κ3) is 2.67. The molecule has 0 aliphatic rings. The van der Waals surface area contributed by atoms with E-state index in [1.165, 1.54) is 0 Å². The van der Waals surface area contributed by atoms with Crippen molar-refractivity contribution in [2.45, 2.75) is 33.6 Å². The van der Waals surface area contributed by atoms with Crippen LogP contribution in [0.25, 0.3) is 0 Å². The molecule has 48 valence electrons. The van der Waals surface area contributed by atoms with E-state index in [1.807, 2.05) is 13.8 Å². The summed E-state index contributed by atoms with van der Waals surface area (Å²) in [6.07, 6.45) is 1.85. The van der Waals surface area contributed by atoms with Crippen molar-refractivity contribution in [2.24, 2.45) is 0 Å². The highest BCUT2D eigenvalue weighted by atomic mass is 16.3. The summed E-state index contributed by atoms with van der Waals surface area (Å²) in [5.74, 6) is 0.549. The lowest BCUT2D eigenvalue weighted by Crippen LogP contribution is -1.81. The molecule has 0 amide bonds. The SMILES string of the molecule is CCCC(O)=C(C)C. The van der Waals surface area contributed by atoms with E-state index < -0.39 is 0 Å². The van der Waals surface area contributed by atoms with Crippen LogP contribution in [0.4, 0.5) is 0 Å². The fourth-order valence-electron chi connectivity index (χ4n) is 0.487.